The number of amides is 1. The van der Waals surface area contributed by atoms with Gasteiger partial charge in [-0.25, -0.2) is 27.2 Å². The van der Waals surface area contributed by atoms with E-state index in [0.29, 0.717) is 37.1 Å². The zero-order chi connectivity index (χ0) is 25.3. The number of carbonyl (C=O) groups excluding carboxylic acids is 1. The average Bonchev–Trinajstić information content (AvgIpc) is 3.20. The number of pyridine rings is 1. The fourth-order valence-electron chi connectivity index (χ4n) is 4.66. The summed E-state index contributed by atoms with van der Waals surface area (Å²) in [5.74, 6) is -0.579. The Kier molecular flexibility index (Phi) is 6.94. The molecule has 1 atom stereocenters. The summed E-state index contributed by atoms with van der Waals surface area (Å²) in [7, 11) is -3.82. The van der Waals surface area contributed by atoms with Crippen LogP contribution in [0.4, 0.5) is 4.39 Å². The molecule has 192 valence electrons. The molecule has 11 heteroatoms. The SMILES string of the molecule is CS(=O)(=O)NC(=O)c1cc(OC[C@H](F)C2CCOCC2)c2c(C3CCC3)nn(-c3ccccc3)c2n1. The van der Waals surface area contributed by atoms with Gasteiger partial charge in [-0.15, -0.1) is 0 Å². The molecule has 1 aliphatic carbocycles. The monoisotopic (exact) mass is 516 g/mol. The Morgan fingerprint density at radius 3 is 2.58 bits per heavy atom. The molecule has 36 heavy (non-hydrogen) atoms. The summed E-state index contributed by atoms with van der Waals surface area (Å²) >= 11 is 0. The van der Waals surface area contributed by atoms with Gasteiger partial charge in [-0.2, -0.15) is 5.10 Å². The lowest BCUT2D eigenvalue weighted by atomic mass is 9.82. The van der Waals surface area contributed by atoms with E-state index < -0.39 is 22.1 Å². The first-order valence-corrected chi connectivity index (χ1v) is 14.0. The highest BCUT2D eigenvalue weighted by atomic mass is 32.2. The first-order chi connectivity index (χ1) is 17.3. The van der Waals surface area contributed by atoms with Gasteiger partial charge in [0.1, 0.15) is 24.2 Å². The second-order valence-corrected chi connectivity index (χ2v) is 11.2. The smallest absolute Gasteiger partial charge is 0.283 e. The summed E-state index contributed by atoms with van der Waals surface area (Å²) in [6, 6.07) is 10.7. The number of halogens is 1. The van der Waals surface area contributed by atoms with Crippen molar-refractivity contribution in [1.82, 2.24) is 19.5 Å². The van der Waals surface area contributed by atoms with Gasteiger partial charge in [0.25, 0.3) is 5.91 Å². The Balaban J connectivity index is 1.60. The number of para-hydroxylation sites is 1. The van der Waals surface area contributed by atoms with Crippen molar-refractivity contribution in [3.63, 3.8) is 0 Å². The topological polar surface area (TPSA) is 112 Å². The highest BCUT2D eigenvalue weighted by Crippen LogP contribution is 2.42. The largest absolute Gasteiger partial charge is 0.490 e. The molecule has 1 aromatic carbocycles. The number of fused-ring (bicyclic) bond motifs is 1. The Hall–Kier alpha value is -3.05. The van der Waals surface area contributed by atoms with Crippen LogP contribution in [-0.2, 0) is 14.8 Å². The number of nitrogens with one attached hydrogen (secondary N) is 1. The van der Waals surface area contributed by atoms with E-state index in [9.17, 15) is 13.2 Å². The van der Waals surface area contributed by atoms with E-state index in [1.54, 1.807) is 4.68 Å². The van der Waals surface area contributed by atoms with Crippen LogP contribution in [0.25, 0.3) is 16.7 Å². The third-order valence-electron chi connectivity index (χ3n) is 6.81. The quantitative estimate of drug-likeness (QED) is 0.487. The highest BCUT2D eigenvalue weighted by Gasteiger charge is 2.31. The van der Waals surface area contributed by atoms with Crippen LogP contribution >= 0.6 is 0 Å². The number of ether oxygens (including phenoxy) is 2. The molecule has 1 aliphatic heterocycles. The van der Waals surface area contributed by atoms with Gasteiger partial charge in [0.2, 0.25) is 10.0 Å². The van der Waals surface area contributed by atoms with Crippen LogP contribution in [0.2, 0.25) is 0 Å². The van der Waals surface area contributed by atoms with Crippen molar-refractivity contribution in [2.45, 2.75) is 44.2 Å². The van der Waals surface area contributed by atoms with E-state index in [4.69, 9.17) is 14.6 Å². The van der Waals surface area contributed by atoms with Gasteiger partial charge in [0, 0.05) is 25.2 Å². The lowest BCUT2D eigenvalue weighted by molar-refractivity contribution is 0.0243. The third kappa shape index (κ3) is 5.22. The lowest BCUT2D eigenvalue weighted by Crippen LogP contribution is -2.30. The van der Waals surface area contributed by atoms with Gasteiger partial charge in [0.15, 0.2) is 5.65 Å². The van der Waals surface area contributed by atoms with E-state index in [1.165, 1.54) is 6.07 Å². The third-order valence-corrected chi connectivity index (χ3v) is 7.36. The Morgan fingerprint density at radius 1 is 1.22 bits per heavy atom. The first kappa shape index (κ1) is 24.6. The molecule has 0 spiro atoms. The number of hydrogen-bond donors (Lipinski definition) is 1. The number of carbonyl (C=O) groups is 1. The maximum absolute atomic E-state index is 15.1. The number of hydrogen-bond acceptors (Lipinski definition) is 7. The summed E-state index contributed by atoms with van der Waals surface area (Å²) in [5.41, 5.74) is 1.74. The van der Waals surface area contributed by atoms with Crippen LogP contribution in [-0.4, -0.2) is 61.3 Å². The normalized spacial score (nSPS) is 18.1. The highest BCUT2D eigenvalue weighted by molar-refractivity contribution is 7.89. The molecule has 1 N–H and O–H groups in total. The molecule has 2 aliphatic rings. The van der Waals surface area contributed by atoms with Gasteiger partial charge in [0.05, 0.1) is 23.0 Å². The lowest BCUT2D eigenvalue weighted by Gasteiger charge is -2.26. The van der Waals surface area contributed by atoms with Gasteiger partial charge < -0.3 is 9.47 Å². The number of aromatic nitrogens is 3. The van der Waals surface area contributed by atoms with E-state index in [0.717, 1.165) is 36.9 Å². The molecule has 0 bridgehead atoms. The van der Waals surface area contributed by atoms with Crippen LogP contribution in [0.15, 0.2) is 36.4 Å². The molecule has 3 heterocycles. The van der Waals surface area contributed by atoms with Crippen LogP contribution in [0.3, 0.4) is 0 Å². The van der Waals surface area contributed by atoms with Crippen molar-refractivity contribution in [2.24, 2.45) is 5.92 Å². The number of benzene rings is 1. The molecule has 2 fully saturated rings. The molecular formula is C25H29FN4O5S. The molecule has 0 unspecified atom stereocenters. The fraction of sp³-hybridized carbons (Fsp3) is 0.480. The summed E-state index contributed by atoms with van der Waals surface area (Å²) in [4.78, 5) is 17.3. The number of sulfonamides is 1. The number of alkyl halides is 1. The van der Waals surface area contributed by atoms with Crippen molar-refractivity contribution in [2.75, 3.05) is 26.1 Å². The molecule has 5 rings (SSSR count). The Labute approximate surface area is 209 Å². The molecule has 0 radical (unpaired) electrons. The van der Waals surface area contributed by atoms with Crippen molar-refractivity contribution in [1.29, 1.82) is 0 Å². The van der Waals surface area contributed by atoms with Crippen LogP contribution in [0.5, 0.6) is 5.75 Å². The predicted molar refractivity (Wildman–Crippen MR) is 132 cm³/mol. The Bertz CT molecular complexity index is 1350. The summed E-state index contributed by atoms with van der Waals surface area (Å²) in [5, 5.41) is 5.47. The van der Waals surface area contributed by atoms with Crippen LogP contribution in [0, 0.1) is 5.92 Å². The standard InChI is InChI=1S/C25H29FN4O5S/c1-36(32,33)29-25(31)20-14-21(35-15-19(26)16-10-12-34-13-11-16)22-23(17-6-5-7-17)28-30(24(22)27-20)18-8-3-2-4-9-18/h2-4,8-9,14,16-17,19H,5-7,10-13,15H2,1H3,(H,29,31)/t19-/m0/s1. The summed E-state index contributed by atoms with van der Waals surface area (Å²) in [6.07, 6.45) is 3.94. The summed E-state index contributed by atoms with van der Waals surface area (Å²) in [6.45, 7) is 0.851. The molecule has 1 amide bonds. The molecule has 9 nitrogen and oxygen atoms in total. The minimum absolute atomic E-state index is 0.151. The van der Waals surface area contributed by atoms with E-state index in [2.05, 4.69) is 4.98 Å². The van der Waals surface area contributed by atoms with Crippen molar-refractivity contribution in [3.05, 3.63) is 47.8 Å². The Morgan fingerprint density at radius 2 is 1.94 bits per heavy atom. The average molecular weight is 517 g/mol. The van der Waals surface area contributed by atoms with Gasteiger partial charge in [-0.05, 0) is 43.7 Å². The minimum atomic E-state index is -3.82. The fourth-order valence-corrected chi connectivity index (χ4v) is 5.10. The first-order valence-electron chi connectivity index (χ1n) is 12.2. The van der Waals surface area contributed by atoms with Gasteiger partial charge in [-0.3, -0.25) is 4.79 Å². The molecule has 1 saturated carbocycles. The minimum Gasteiger partial charge on any atom is -0.490 e. The van der Waals surface area contributed by atoms with Crippen molar-refractivity contribution in [3.8, 4) is 11.4 Å². The van der Waals surface area contributed by atoms with Crippen molar-refractivity contribution >= 4 is 27.0 Å². The second-order valence-electron chi connectivity index (χ2n) is 9.44. The van der Waals surface area contributed by atoms with E-state index in [1.807, 2.05) is 35.1 Å². The maximum atomic E-state index is 15.1. The van der Waals surface area contributed by atoms with Gasteiger partial charge >= 0.3 is 0 Å². The van der Waals surface area contributed by atoms with E-state index in [-0.39, 0.29) is 29.9 Å². The number of rotatable bonds is 8. The van der Waals surface area contributed by atoms with Crippen LogP contribution in [0.1, 0.15) is 54.2 Å². The molecule has 1 saturated heterocycles. The maximum Gasteiger partial charge on any atom is 0.283 e. The molecule has 3 aromatic rings. The van der Waals surface area contributed by atoms with E-state index >= 15 is 4.39 Å². The zero-order valence-electron chi connectivity index (χ0n) is 20.0. The second kappa shape index (κ2) is 10.1. The van der Waals surface area contributed by atoms with Crippen molar-refractivity contribution < 1.29 is 27.1 Å². The van der Waals surface area contributed by atoms with Crippen LogP contribution < -0.4 is 9.46 Å². The number of nitrogens with zero attached hydrogens (tertiary/aromatic N) is 3. The van der Waals surface area contributed by atoms with Gasteiger partial charge in [-0.1, -0.05) is 24.6 Å². The predicted octanol–water partition coefficient (Wildman–Crippen LogP) is 3.52. The molecule has 2 aromatic heterocycles. The summed E-state index contributed by atoms with van der Waals surface area (Å²) < 4.78 is 53.5. The molecular weight excluding hydrogens is 487 g/mol. The zero-order valence-corrected chi connectivity index (χ0v) is 20.8.